The van der Waals surface area contributed by atoms with Gasteiger partial charge in [0.25, 0.3) is 11.8 Å². The number of hydrogen-bond donors (Lipinski definition) is 2. The van der Waals surface area contributed by atoms with Gasteiger partial charge >= 0.3 is 0 Å². The van der Waals surface area contributed by atoms with Gasteiger partial charge in [-0.15, -0.1) is 0 Å². The molecule has 30 heavy (non-hydrogen) atoms. The Labute approximate surface area is 175 Å². The number of amides is 2. The van der Waals surface area contributed by atoms with Crippen molar-refractivity contribution in [2.75, 3.05) is 13.7 Å². The van der Waals surface area contributed by atoms with Crippen molar-refractivity contribution in [3.63, 3.8) is 0 Å². The summed E-state index contributed by atoms with van der Waals surface area (Å²) in [5.41, 5.74) is 7.53. The topological polar surface area (TPSA) is 76.7 Å². The normalized spacial score (nSPS) is 10.4. The molecule has 6 nitrogen and oxygen atoms in total. The predicted octanol–water partition coefficient (Wildman–Crippen LogP) is 3.60. The van der Waals surface area contributed by atoms with Crippen molar-refractivity contribution in [3.05, 3.63) is 90.5 Å². The number of carbonyl (C=O) groups is 2. The van der Waals surface area contributed by atoms with E-state index in [2.05, 4.69) is 10.9 Å². The second kappa shape index (κ2) is 10.5. The number of benzene rings is 3. The molecule has 0 aliphatic rings. The molecule has 3 aromatic carbocycles. The van der Waals surface area contributed by atoms with Crippen LogP contribution in [0.1, 0.15) is 5.56 Å². The molecule has 2 amide bonds. The van der Waals surface area contributed by atoms with E-state index in [1.165, 1.54) is 6.08 Å². The molecule has 2 N–H and O–H groups in total. The minimum atomic E-state index is -0.471. The van der Waals surface area contributed by atoms with Crippen LogP contribution >= 0.6 is 0 Å². The first-order chi connectivity index (χ1) is 14.7. The van der Waals surface area contributed by atoms with Gasteiger partial charge in [0.15, 0.2) is 6.61 Å². The summed E-state index contributed by atoms with van der Waals surface area (Å²) in [5, 5.41) is 0. The van der Waals surface area contributed by atoms with E-state index < -0.39 is 11.8 Å². The lowest BCUT2D eigenvalue weighted by molar-refractivity contribution is -0.128. The molecular weight excluding hydrogens is 380 g/mol. The number of para-hydroxylation sites is 1. The highest BCUT2D eigenvalue weighted by Gasteiger charge is 2.05. The molecule has 0 spiro atoms. The first-order valence-electron chi connectivity index (χ1n) is 9.34. The van der Waals surface area contributed by atoms with Crippen molar-refractivity contribution in [2.45, 2.75) is 0 Å². The zero-order valence-electron chi connectivity index (χ0n) is 16.5. The van der Waals surface area contributed by atoms with Gasteiger partial charge in [-0.05, 0) is 35.4 Å². The van der Waals surface area contributed by atoms with Gasteiger partial charge < -0.3 is 9.47 Å². The van der Waals surface area contributed by atoms with Crippen LogP contribution in [-0.4, -0.2) is 25.5 Å². The Bertz CT molecular complexity index is 1010. The zero-order valence-corrected chi connectivity index (χ0v) is 16.5. The van der Waals surface area contributed by atoms with Gasteiger partial charge in [0, 0.05) is 11.6 Å². The quantitative estimate of drug-likeness (QED) is 0.468. The van der Waals surface area contributed by atoms with Crippen molar-refractivity contribution >= 4 is 17.9 Å². The molecule has 152 valence electrons. The lowest BCUT2D eigenvalue weighted by Crippen LogP contribution is -2.43. The predicted molar refractivity (Wildman–Crippen MR) is 116 cm³/mol. The molecule has 0 aromatic heterocycles. The Morgan fingerprint density at radius 3 is 2.23 bits per heavy atom. The van der Waals surface area contributed by atoms with Gasteiger partial charge in [0.05, 0.1) is 7.11 Å². The molecular formula is C24H22N2O4. The maximum Gasteiger partial charge on any atom is 0.276 e. The van der Waals surface area contributed by atoms with Crippen molar-refractivity contribution in [3.8, 4) is 22.6 Å². The van der Waals surface area contributed by atoms with Crippen LogP contribution in [0.3, 0.4) is 0 Å². The average Bonchev–Trinajstić information content (AvgIpc) is 2.81. The van der Waals surface area contributed by atoms with Crippen LogP contribution in [0.25, 0.3) is 17.2 Å². The highest BCUT2D eigenvalue weighted by Crippen LogP contribution is 2.22. The highest BCUT2D eigenvalue weighted by atomic mass is 16.5. The largest absolute Gasteiger partial charge is 0.496 e. The lowest BCUT2D eigenvalue weighted by atomic mass is 10.1. The summed E-state index contributed by atoms with van der Waals surface area (Å²) in [4.78, 5) is 23.8. The Morgan fingerprint density at radius 1 is 0.833 bits per heavy atom. The summed E-state index contributed by atoms with van der Waals surface area (Å²) >= 11 is 0. The second-order valence-electron chi connectivity index (χ2n) is 6.29. The Kier molecular flexibility index (Phi) is 7.22. The van der Waals surface area contributed by atoms with Gasteiger partial charge in [0.1, 0.15) is 11.5 Å². The molecule has 0 unspecified atom stereocenters. The average molecular weight is 402 g/mol. The van der Waals surface area contributed by atoms with E-state index in [0.29, 0.717) is 11.5 Å². The fraction of sp³-hybridized carbons (Fsp3) is 0.0833. The van der Waals surface area contributed by atoms with Crippen LogP contribution in [0.4, 0.5) is 0 Å². The molecule has 0 bridgehead atoms. The third-order valence-electron chi connectivity index (χ3n) is 4.21. The van der Waals surface area contributed by atoms with Gasteiger partial charge in [-0.1, -0.05) is 60.7 Å². The van der Waals surface area contributed by atoms with Gasteiger partial charge in [-0.2, -0.15) is 0 Å². The molecule has 0 saturated carbocycles. The van der Waals surface area contributed by atoms with Crippen LogP contribution in [0.5, 0.6) is 11.5 Å². The molecule has 6 heteroatoms. The summed E-state index contributed by atoms with van der Waals surface area (Å²) in [6.07, 6.45) is 2.91. The zero-order chi connectivity index (χ0) is 21.2. The third-order valence-corrected chi connectivity index (χ3v) is 4.21. The first kappa shape index (κ1) is 20.7. The van der Waals surface area contributed by atoms with Crippen LogP contribution in [0.2, 0.25) is 0 Å². The van der Waals surface area contributed by atoms with Crippen LogP contribution in [0, 0.1) is 0 Å². The van der Waals surface area contributed by atoms with Crippen LogP contribution in [-0.2, 0) is 9.59 Å². The van der Waals surface area contributed by atoms with E-state index >= 15 is 0 Å². The van der Waals surface area contributed by atoms with E-state index in [0.717, 1.165) is 16.7 Å². The summed E-state index contributed by atoms with van der Waals surface area (Å²) in [6, 6.07) is 24.7. The number of hydrogen-bond acceptors (Lipinski definition) is 4. The Balaban J connectivity index is 1.43. The molecule has 3 aromatic rings. The maximum atomic E-state index is 11.9. The van der Waals surface area contributed by atoms with Crippen LogP contribution < -0.4 is 20.3 Å². The monoisotopic (exact) mass is 402 g/mol. The highest BCUT2D eigenvalue weighted by molar-refractivity contribution is 5.93. The van der Waals surface area contributed by atoms with Crippen LogP contribution in [0.15, 0.2) is 84.9 Å². The molecule has 0 atom stereocenters. The molecule has 3 rings (SSSR count). The number of ether oxygens (including phenoxy) is 2. The summed E-state index contributed by atoms with van der Waals surface area (Å²) in [5.74, 6) is 0.271. The maximum absolute atomic E-state index is 11.9. The lowest BCUT2D eigenvalue weighted by Gasteiger charge is -2.08. The second-order valence-corrected chi connectivity index (χ2v) is 6.29. The fourth-order valence-electron chi connectivity index (χ4n) is 2.70. The number of nitrogens with one attached hydrogen (secondary N) is 2. The minimum absolute atomic E-state index is 0.221. The number of rotatable bonds is 7. The standard InChI is InChI=1S/C24H22N2O4/c1-29-22-10-6-5-9-20(22)13-16-23(27)25-26-24(28)17-30-21-14-11-19(12-15-21)18-7-3-2-4-8-18/h2-16H,17H2,1H3,(H,25,27)(H,26,28). The SMILES string of the molecule is COc1ccccc1C=CC(=O)NNC(=O)COc1ccc(-c2ccccc2)cc1. The number of hydrazine groups is 1. The van der Waals surface area contributed by atoms with E-state index in [1.54, 1.807) is 31.4 Å². The fourth-order valence-corrected chi connectivity index (χ4v) is 2.70. The summed E-state index contributed by atoms with van der Waals surface area (Å²) in [6.45, 7) is -0.221. The molecule has 0 fully saturated rings. The van der Waals surface area contributed by atoms with E-state index in [4.69, 9.17) is 9.47 Å². The smallest absolute Gasteiger partial charge is 0.276 e. The molecule has 0 radical (unpaired) electrons. The van der Waals surface area contributed by atoms with Gasteiger partial charge in [-0.3, -0.25) is 20.4 Å². The first-order valence-corrected chi connectivity index (χ1v) is 9.34. The van der Waals surface area contributed by atoms with Gasteiger partial charge in [-0.25, -0.2) is 0 Å². The minimum Gasteiger partial charge on any atom is -0.496 e. The van der Waals surface area contributed by atoms with E-state index in [-0.39, 0.29) is 6.61 Å². The molecule has 0 heterocycles. The number of methoxy groups -OCH3 is 1. The van der Waals surface area contributed by atoms with Crippen molar-refractivity contribution < 1.29 is 19.1 Å². The molecule has 0 aliphatic heterocycles. The third kappa shape index (κ3) is 5.97. The summed E-state index contributed by atoms with van der Waals surface area (Å²) < 4.78 is 10.7. The Morgan fingerprint density at radius 2 is 1.50 bits per heavy atom. The molecule has 0 aliphatic carbocycles. The van der Waals surface area contributed by atoms with Crippen molar-refractivity contribution in [2.24, 2.45) is 0 Å². The number of carbonyl (C=O) groups excluding carboxylic acids is 2. The van der Waals surface area contributed by atoms with Crippen molar-refractivity contribution in [1.29, 1.82) is 0 Å². The molecule has 0 saturated heterocycles. The van der Waals surface area contributed by atoms with Crippen molar-refractivity contribution in [1.82, 2.24) is 10.9 Å². The van der Waals surface area contributed by atoms with E-state index in [1.807, 2.05) is 60.7 Å². The van der Waals surface area contributed by atoms with Gasteiger partial charge in [0.2, 0.25) is 0 Å². The Hall–Kier alpha value is -4.06. The van der Waals surface area contributed by atoms with E-state index in [9.17, 15) is 9.59 Å². The summed E-state index contributed by atoms with van der Waals surface area (Å²) in [7, 11) is 1.56.